The van der Waals surface area contributed by atoms with Crippen LogP contribution in [0.1, 0.15) is 36.8 Å². The molecule has 0 saturated heterocycles. The number of carbonyl (C=O) groups excluding carboxylic acids is 1. The summed E-state index contributed by atoms with van der Waals surface area (Å²) in [5.41, 5.74) is 2.44. The van der Waals surface area contributed by atoms with Gasteiger partial charge in [-0.15, -0.1) is 0 Å². The van der Waals surface area contributed by atoms with E-state index in [9.17, 15) is 9.90 Å². The molecule has 8 heteroatoms. The Hall–Kier alpha value is -3.26. The van der Waals surface area contributed by atoms with Crippen molar-refractivity contribution in [1.82, 2.24) is 25.1 Å². The molecule has 0 fully saturated rings. The number of hydrogen-bond acceptors (Lipinski definition) is 6. The first-order valence-electron chi connectivity index (χ1n) is 8.80. The zero-order valence-corrected chi connectivity index (χ0v) is 16.3. The van der Waals surface area contributed by atoms with Crippen LogP contribution in [-0.4, -0.2) is 43.4 Å². The summed E-state index contributed by atoms with van der Waals surface area (Å²) < 4.78 is 6.71. The van der Waals surface area contributed by atoms with E-state index in [1.54, 1.807) is 54.5 Å². The molecule has 0 aromatic carbocycles. The van der Waals surface area contributed by atoms with Crippen LogP contribution in [-0.2, 0) is 6.61 Å². The number of amides is 1. The van der Waals surface area contributed by atoms with Gasteiger partial charge >= 0.3 is 0 Å². The summed E-state index contributed by atoms with van der Waals surface area (Å²) in [6, 6.07) is 8.67. The highest BCUT2D eigenvalue weighted by Gasteiger charge is 2.21. The highest BCUT2D eigenvalue weighted by atomic mass is 16.5. The van der Waals surface area contributed by atoms with Crippen molar-refractivity contribution in [2.75, 3.05) is 7.11 Å². The molecule has 0 saturated carbocycles. The van der Waals surface area contributed by atoms with Gasteiger partial charge in [-0.05, 0) is 50.6 Å². The first kappa shape index (κ1) is 19.5. The maximum atomic E-state index is 12.6. The molecule has 0 atom stereocenters. The third-order valence-corrected chi connectivity index (χ3v) is 3.87. The normalized spacial score (nSPS) is 11.3. The van der Waals surface area contributed by atoms with Crippen molar-refractivity contribution < 1.29 is 14.6 Å². The van der Waals surface area contributed by atoms with Crippen molar-refractivity contribution in [1.29, 1.82) is 0 Å². The Morgan fingerprint density at radius 2 is 2.00 bits per heavy atom. The van der Waals surface area contributed by atoms with Crippen LogP contribution in [0.15, 0.2) is 42.7 Å². The van der Waals surface area contributed by atoms with Crippen LogP contribution in [0.2, 0.25) is 0 Å². The molecule has 0 aliphatic rings. The van der Waals surface area contributed by atoms with Gasteiger partial charge in [0.15, 0.2) is 5.69 Å². The van der Waals surface area contributed by atoms with Crippen LogP contribution in [0, 0.1) is 0 Å². The highest BCUT2D eigenvalue weighted by molar-refractivity contribution is 5.94. The van der Waals surface area contributed by atoms with Crippen molar-refractivity contribution in [2.24, 2.45) is 0 Å². The molecule has 0 spiro atoms. The lowest BCUT2D eigenvalue weighted by atomic mass is 10.1. The van der Waals surface area contributed by atoms with Gasteiger partial charge in [-0.25, -0.2) is 9.67 Å². The summed E-state index contributed by atoms with van der Waals surface area (Å²) in [4.78, 5) is 21.2. The fraction of sp³-hybridized carbons (Fsp3) is 0.300. The van der Waals surface area contributed by atoms with Gasteiger partial charge in [-0.2, -0.15) is 5.10 Å². The molecule has 0 unspecified atom stereocenters. The fourth-order valence-corrected chi connectivity index (χ4v) is 2.61. The molecular formula is C20H23N5O3. The number of ether oxygens (including phenoxy) is 1. The predicted molar refractivity (Wildman–Crippen MR) is 104 cm³/mol. The second-order valence-corrected chi connectivity index (χ2v) is 7.30. The first-order valence-corrected chi connectivity index (χ1v) is 8.80. The number of aliphatic hydroxyl groups is 1. The van der Waals surface area contributed by atoms with Crippen LogP contribution < -0.4 is 10.1 Å². The number of pyridine rings is 2. The minimum absolute atomic E-state index is 0.106. The van der Waals surface area contributed by atoms with Gasteiger partial charge in [0, 0.05) is 17.8 Å². The van der Waals surface area contributed by atoms with E-state index in [0.717, 1.165) is 0 Å². The van der Waals surface area contributed by atoms with E-state index in [1.165, 1.54) is 0 Å². The van der Waals surface area contributed by atoms with Crippen LogP contribution in [0.3, 0.4) is 0 Å². The summed E-state index contributed by atoms with van der Waals surface area (Å²) >= 11 is 0. The zero-order chi connectivity index (χ0) is 20.3. The molecule has 1 amide bonds. The van der Waals surface area contributed by atoms with Crippen LogP contribution in [0.5, 0.6) is 5.88 Å². The molecular weight excluding hydrogens is 358 g/mol. The Morgan fingerprint density at radius 1 is 1.21 bits per heavy atom. The lowest BCUT2D eigenvalue weighted by molar-refractivity contribution is 0.0914. The smallest absolute Gasteiger partial charge is 0.272 e. The maximum absolute atomic E-state index is 12.6. The molecule has 8 nitrogen and oxygen atoms in total. The Bertz CT molecular complexity index is 974. The number of aliphatic hydroxyl groups excluding tert-OH is 1. The Morgan fingerprint density at radius 3 is 2.61 bits per heavy atom. The van der Waals surface area contributed by atoms with Gasteiger partial charge in [0.1, 0.15) is 0 Å². The van der Waals surface area contributed by atoms with Crippen molar-refractivity contribution in [3.05, 3.63) is 54.0 Å². The largest absolute Gasteiger partial charge is 0.481 e. The van der Waals surface area contributed by atoms with E-state index in [-0.39, 0.29) is 18.2 Å². The number of hydrogen-bond donors (Lipinski definition) is 2. The Balaban J connectivity index is 2.10. The number of carbonyl (C=O) groups is 1. The second kappa shape index (κ2) is 7.77. The number of nitrogens with zero attached hydrogens (tertiary/aromatic N) is 4. The predicted octanol–water partition coefficient (Wildman–Crippen LogP) is 2.36. The lowest BCUT2D eigenvalue weighted by Crippen LogP contribution is -2.40. The summed E-state index contributed by atoms with van der Waals surface area (Å²) in [6.07, 6.45) is 3.22. The molecule has 0 radical (unpaired) electrons. The number of methoxy groups -OCH3 is 1. The van der Waals surface area contributed by atoms with E-state index < -0.39 is 5.54 Å². The van der Waals surface area contributed by atoms with E-state index in [1.807, 2.05) is 20.8 Å². The van der Waals surface area contributed by atoms with Crippen LogP contribution in [0.4, 0.5) is 0 Å². The molecule has 3 aromatic heterocycles. The Kier molecular flexibility index (Phi) is 5.41. The average Bonchev–Trinajstić information content (AvgIpc) is 3.12. The molecule has 0 bridgehead atoms. The molecule has 0 aliphatic carbocycles. The summed E-state index contributed by atoms with van der Waals surface area (Å²) in [5.74, 6) is 0.191. The molecule has 3 aromatic rings. The van der Waals surface area contributed by atoms with Gasteiger partial charge in [0.25, 0.3) is 5.91 Å². The van der Waals surface area contributed by atoms with Crippen LogP contribution >= 0.6 is 0 Å². The number of nitrogens with one attached hydrogen (secondary N) is 1. The molecule has 2 N–H and O–H groups in total. The summed E-state index contributed by atoms with van der Waals surface area (Å²) in [5, 5.41) is 16.8. The third kappa shape index (κ3) is 4.34. The van der Waals surface area contributed by atoms with E-state index >= 15 is 0 Å². The molecule has 3 rings (SSSR count). The third-order valence-electron chi connectivity index (χ3n) is 3.87. The minimum Gasteiger partial charge on any atom is -0.481 e. The lowest BCUT2D eigenvalue weighted by Gasteiger charge is -2.19. The maximum Gasteiger partial charge on any atom is 0.272 e. The van der Waals surface area contributed by atoms with Gasteiger partial charge in [-0.1, -0.05) is 0 Å². The molecule has 146 valence electrons. The first-order chi connectivity index (χ1) is 13.3. The van der Waals surface area contributed by atoms with E-state index in [4.69, 9.17) is 4.74 Å². The average molecular weight is 381 g/mol. The van der Waals surface area contributed by atoms with Crippen molar-refractivity contribution in [2.45, 2.75) is 32.9 Å². The van der Waals surface area contributed by atoms with Crippen molar-refractivity contribution in [3.63, 3.8) is 0 Å². The topological polar surface area (TPSA) is 102 Å². The standard InChI is InChI=1S/C20H23N5O3/c1-20(2,3)23-19(27)16-10-17(15-9-13(12-26)7-8-21-15)25(24-16)14-5-6-18(28-4)22-11-14/h5-11,26H,12H2,1-4H3,(H,23,27). The second-order valence-electron chi connectivity index (χ2n) is 7.30. The van der Waals surface area contributed by atoms with Crippen molar-refractivity contribution in [3.8, 4) is 23.0 Å². The quantitative estimate of drug-likeness (QED) is 0.703. The van der Waals surface area contributed by atoms with Gasteiger partial charge in [0.05, 0.1) is 37.0 Å². The summed E-state index contributed by atoms with van der Waals surface area (Å²) in [7, 11) is 1.54. The SMILES string of the molecule is COc1ccc(-n2nc(C(=O)NC(C)(C)C)cc2-c2cc(CO)ccn2)cn1. The van der Waals surface area contributed by atoms with Crippen molar-refractivity contribution >= 4 is 5.91 Å². The van der Waals surface area contributed by atoms with Gasteiger partial charge < -0.3 is 15.2 Å². The van der Waals surface area contributed by atoms with Crippen LogP contribution in [0.25, 0.3) is 17.1 Å². The summed E-state index contributed by atoms with van der Waals surface area (Å²) in [6.45, 7) is 5.61. The molecule has 0 aliphatic heterocycles. The zero-order valence-electron chi connectivity index (χ0n) is 16.3. The van der Waals surface area contributed by atoms with Gasteiger partial charge in [0.2, 0.25) is 5.88 Å². The monoisotopic (exact) mass is 381 g/mol. The minimum atomic E-state index is -0.391. The Labute approximate surface area is 163 Å². The number of rotatable bonds is 5. The fourth-order valence-electron chi connectivity index (χ4n) is 2.61. The highest BCUT2D eigenvalue weighted by Crippen LogP contribution is 2.24. The molecule has 28 heavy (non-hydrogen) atoms. The number of aromatic nitrogens is 4. The van der Waals surface area contributed by atoms with E-state index in [0.29, 0.717) is 28.5 Å². The van der Waals surface area contributed by atoms with Gasteiger partial charge in [-0.3, -0.25) is 9.78 Å². The molecule has 3 heterocycles. The van der Waals surface area contributed by atoms with E-state index in [2.05, 4.69) is 20.4 Å².